The Morgan fingerprint density at radius 3 is 2.90 bits per heavy atom. The van der Waals surface area contributed by atoms with E-state index in [9.17, 15) is 9.59 Å². The molecule has 0 spiro atoms. The summed E-state index contributed by atoms with van der Waals surface area (Å²) in [7, 11) is 1.45. The van der Waals surface area contributed by atoms with Crippen LogP contribution in [-0.4, -0.2) is 43.2 Å². The highest BCUT2D eigenvalue weighted by atomic mass is 35.5. The minimum atomic E-state index is -0.514. The number of urea groups is 1. The van der Waals surface area contributed by atoms with Gasteiger partial charge < -0.3 is 20.1 Å². The van der Waals surface area contributed by atoms with Crippen molar-refractivity contribution in [2.24, 2.45) is 5.73 Å². The number of nitrogens with zero attached hydrogens (tertiary/aromatic N) is 1. The average molecular weight is 313 g/mol. The Hall–Kier alpha value is -1.95. The third-order valence-corrected chi connectivity index (χ3v) is 3.69. The Morgan fingerprint density at radius 2 is 2.24 bits per heavy atom. The lowest BCUT2D eigenvalue weighted by molar-refractivity contribution is 0.0418. The Bertz CT molecular complexity index is 550. The lowest BCUT2D eigenvalue weighted by atomic mass is 10.2. The molecule has 1 aliphatic rings. The van der Waals surface area contributed by atoms with E-state index in [0.29, 0.717) is 22.9 Å². The van der Waals surface area contributed by atoms with Crippen molar-refractivity contribution in [1.82, 2.24) is 4.90 Å². The molecular formula is C14H17ClN2O4. The van der Waals surface area contributed by atoms with E-state index in [1.807, 2.05) is 0 Å². The third kappa shape index (κ3) is 3.58. The number of rotatable bonds is 4. The Balaban J connectivity index is 2.00. The van der Waals surface area contributed by atoms with Crippen LogP contribution in [0.2, 0.25) is 5.02 Å². The number of hydrogen-bond acceptors (Lipinski definition) is 4. The summed E-state index contributed by atoms with van der Waals surface area (Å²) < 4.78 is 10.4. The van der Waals surface area contributed by atoms with Gasteiger partial charge in [-0.3, -0.25) is 0 Å². The molecule has 0 saturated carbocycles. The number of hydrogen-bond donors (Lipinski definition) is 1. The number of ether oxygens (including phenoxy) is 2. The van der Waals surface area contributed by atoms with Crippen molar-refractivity contribution in [3.63, 3.8) is 0 Å². The fourth-order valence-corrected chi connectivity index (χ4v) is 2.54. The molecule has 114 valence electrons. The van der Waals surface area contributed by atoms with Crippen molar-refractivity contribution in [3.05, 3.63) is 28.8 Å². The van der Waals surface area contributed by atoms with Crippen LogP contribution in [0.15, 0.2) is 18.2 Å². The van der Waals surface area contributed by atoms with E-state index in [1.165, 1.54) is 12.0 Å². The molecule has 1 atom stereocenters. The van der Waals surface area contributed by atoms with Crippen LogP contribution in [0.25, 0.3) is 0 Å². The molecule has 1 aliphatic heterocycles. The van der Waals surface area contributed by atoms with Gasteiger partial charge in [-0.15, -0.1) is 0 Å². The predicted octanol–water partition coefficient (Wildman–Crippen LogP) is 2.05. The lowest BCUT2D eigenvalue weighted by Gasteiger charge is -2.22. The molecular weight excluding hydrogens is 296 g/mol. The summed E-state index contributed by atoms with van der Waals surface area (Å²) in [6, 6.07) is 4.03. The number of nitrogens with two attached hydrogens (primary N) is 1. The minimum absolute atomic E-state index is 0.119. The molecule has 21 heavy (non-hydrogen) atoms. The van der Waals surface area contributed by atoms with Crippen molar-refractivity contribution in [1.29, 1.82) is 0 Å². The predicted molar refractivity (Wildman–Crippen MR) is 77.6 cm³/mol. The molecule has 1 saturated heterocycles. The lowest BCUT2D eigenvalue weighted by Crippen LogP contribution is -2.41. The number of esters is 1. The van der Waals surface area contributed by atoms with Gasteiger partial charge in [0.05, 0.1) is 13.2 Å². The van der Waals surface area contributed by atoms with Gasteiger partial charge in [-0.25, -0.2) is 9.59 Å². The summed E-state index contributed by atoms with van der Waals surface area (Å²) in [5.41, 5.74) is 5.58. The highest BCUT2D eigenvalue weighted by Gasteiger charge is 2.28. The second-order valence-electron chi connectivity index (χ2n) is 4.77. The normalized spacial score (nSPS) is 17.6. The Morgan fingerprint density at radius 1 is 1.48 bits per heavy atom. The van der Waals surface area contributed by atoms with Crippen LogP contribution in [0.1, 0.15) is 23.2 Å². The van der Waals surface area contributed by atoms with E-state index in [4.69, 9.17) is 26.8 Å². The summed E-state index contributed by atoms with van der Waals surface area (Å²) in [6.45, 7) is 0.718. The van der Waals surface area contributed by atoms with Crippen LogP contribution in [0.4, 0.5) is 4.79 Å². The summed E-state index contributed by atoms with van der Waals surface area (Å²) in [5, 5.41) is 0.471. The SMILES string of the molecule is COc1cc(Cl)ccc1C(=O)OCC1CCCN1C(N)=O. The van der Waals surface area contributed by atoms with E-state index in [-0.39, 0.29) is 12.6 Å². The second-order valence-corrected chi connectivity index (χ2v) is 5.21. The summed E-state index contributed by atoms with van der Waals surface area (Å²) in [6.07, 6.45) is 1.63. The second kappa shape index (κ2) is 6.67. The van der Waals surface area contributed by atoms with Crippen molar-refractivity contribution in [2.75, 3.05) is 20.3 Å². The number of likely N-dealkylation sites (tertiary alicyclic amines) is 1. The number of benzene rings is 1. The van der Waals surface area contributed by atoms with E-state index >= 15 is 0 Å². The molecule has 1 fully saturated rings. The maximum atomic E-state index is 12.1. The molecule has 1 unspecified atom stereocenters. The topological polar surface area (TPSA) is 81.9 Å². The standard InChI is InChI=1S/C14H17ClN2O4/c1-20-12-7-9(15)4-5-11(12)13(18)21-8-10-3-2-6-17(10)14(16)19/h4-5,7,10H,2-3,6,8H2,1H3,(H2,16,19). The molecule has 2 rings (SSSR count). The Kier molecular flexibility index (Phi) is 4.90. The van der Waals surface area contributed by atoms with E-state index in [1.54, 1.807) is 18.2 Å². The first-order valence-electron chi connectivity index (χ1n) is 6.59. The number of carbonyl (C=O) groups excluding carboxylic acids is 2. The maximum Gasteiger partial charge on any atom is 0.341 e. The van der Waals surface area contributed by atoms with Gasteiger partial charge in [0, 0.05) is 11.6 Å². The molecule has 0 bridgehead atoms. The molecule has 2 amide bonds. The average Bonchev–Trinajstić information content (AvgIpc) is 2.93. The van der Waals surface area contributed by atoms with Crippen molar-refractivity contribution < 1.29 is 19.1 Å². The van der Waals surface area contributed by atoms with Gasteiger partial charge in [-0.2, -0.15) is 0 Å². The van der Waals surface area contributed by atoms with Crippen molar-refractivity contribution >= 4 is 23.6 Å². The summed E-state index contributed by atoms with van der Waals surface area (Å²) in [4.78, 5) is 24.8. The third-order valence-electron chi connectivity index (χ3n) is 3.45. The van der Waals surface area contributed by atoms with E-state index in [2.05, 4.69) is 0 Å². The molecule has 0 aliphatic carbocycles. The quantitative estimate of drug-likeness (QED) is 0.863. The number of amides is 2. The van der Waals surface area contributed by atoms with E-state index in [0.717, 1.165) is 12.8 Å². The fraction of sp³-hybridized carbons (Fsp3) is 0.429. The smallest absolute Gasteiger partial charge is 0.341 e. The monoisotopic (exact) mass is 312 g/mol. The maximum absolute atomic E-state index is 12.1. The highest BCUT2D eigenvalue weighted by Crippen LogP contribution is 2.24. The minimum Gasteiger partial charge on any atom is -0.496 e. The molecule has 6 nitrogen and oxygen atoms in total. The number of carbonyl (C=O) groups is 2. The van der Waals surface area contributed by atoms with Crippen LogP contribution in [-0.2, 0) is 4.74 Å². The fourth-order valence-electron chi connectivity index (χ4n) is 2.38. The summed E-state index contributed by atoms with van der Waals surface area (Å²) in [5.74, 6) is -0.162. The van der Waals surface area contributed by atoms with Crippen LogP contribution in [0, 0.1) is 0 Å². The first-order chi connectivity index (χ1) is 10.0. The van der Waals surface area contributed by atoms with E-state index < -0.39 is 12.0 Å². The van der Waals surface area contributed by atoms with Gasteiger partial charge in [-0.1, -0.05) is 11.6 Å². The van der Waals surface area contributed by atoms with Crippen molar-refractivity contribution in [3.8, 4) is 5.75 Å². The van der Waals surface area contributed by atoms with Gasteiger partial charge in [0.15, 0.2) is 0 Å². The zero-order valence-electron chi connectivity index (χ0n) is 11.7. The number of methoxy groups -OCH3 is 1. The zero-order chi connectivity index (χ0) is 15.4. The molecule has 0 aromatic heterocycles. The molecule has 1 heterocycles. The van der Waals surface area contributed by atoms with Gasteiger partial charge in [-0.05, 0) is 31.0 Å². The van der Waals surface area contributed by atoms with Crippen LogP contribution in [0.3, 0.4) is 0 Å². The molecule has 7 heteroatoms. The Labute approximate surface area is 127 Å². The van der Waals surface area contributed by atoms with Crippen LogP contribution in [0.5, 0.6) is 5.75 Å². The molecule has 1 aromatic carbocycles. The van der Waals surface area contributed by atoms with Gasteiger partial charge >= 0.3 is 12.0 Å². The van der Waals surface area contributed by atoms with Crippen molar-refractivity contribution in [2.45, 2.75) is 18.9 Å². The molecule has 0 radical (unpaired) electrons. The number of primary amides is 1. The number of halogens is 1. The van der Waals surface area contributed by atoms with Crippen LogP contribution >= 0.6 is 11.6 Å². The first kappa shape index (κ1) is 15.4. The summed E-state index contributed by atoms with van der Waals surface area (Å²) >= 11 is 5.84. The van der Waals surface area contributed by atoms with Crippen LogP contribution < -0.4 is 10.5 Å². The van der Waals surface area contributed by atoms with Gasteiger partial charge in [0.1, 0.15) is 17.9 Å². The van der Waals surface area contributed by atoms with Gasteiger partial charge in [0.25, 0.3) is 0 Å². The highest BCUT2D eigenvalue weighted by molar-refractivity contribution is 6.30. The largest absolute Gasteiger partial charge is 0.496 e. The van der Waals surface area contributed by atoms with Gasteiger partial charge in [0.2, 0.25) is 0 Å². The first-order valence-corrected chi connectivity index (χ1v) is 6.97. The molecule has 2 N–H and O–H groups in total. The zero-order valence-corrected chi connectivity index (χ0v) is 12.4. The molecule has 1 aromatic rings.